The van der Waals surface area contributed by atoms with E-state index >= 15 is 0 Å². The van der Waals surface area contributed by atoms with Crippen molar-refractivity contribution >= 4 is 12.0 Å². The summed E-state index contributed by atoms with van der Waals surface area (Å²) in [4.78, 5) is 22.4. The highest BCUT2D eigenvalue weighted by atomic mass is 16.4. The zero-order valence-corrected chi connectivity index (χ0v) is 11.8. The van der Waals surface area contributed by atoms with Gasteiger partial charge in [-0.2, -0.15) is 0 Å². The number of carbonyl (C=O) groups is 2. The Bertz CT molecular complexity index is 500. The number of urea groups is 1. The van der Waals surface area contributed by atoms with Gasteiger partial charge in [0.1, 0.15) is 0 Å². The van der Waals surface area contributed by atoms with Gasteiger partial charge in [0.2, 0.25) is 0 Å². The van der Waals surface area contributed by atoms with E-state index in [1.165, 1.54) is 0 Å². The first-order valence-electron chi connectivity index (χ1n) is 6.29. The van der Waals surface area contributed by atoms with Gasteiger partial charge < -0.3 is 20.8 Å². The minimum absolute atomic E-state index is 0.217. The number of aliphatic carboxylic acids is 1. The molecule has 2 unspecified atom stereocenters. The van der Waals surface area contributed by atoms with Crippen molar-refractivity contribution < 1.29 is 19.8 Å². The van der Waals surface area contributed by atoms with E-state index in [1.54, 1.807) is 0 Å². The number of carboxylic acid groups (broad SMARTS) is 1. The number of carboxylic acids is 1. The summed E-state index contributed by atoms with van der Waals surface area (Å²) in [7, 11) is 0. The Morgan fingerprint density at radius 1 is 1.35 bits per heavy atom. The summed E-state index contributed by atoms with van der Waals surface area (Å²) in [5.41, 5.74) is 0.0500. The highest BCUT2D eigenvalue weighted by Gasteiger charge is 2.30. The van der Waals surface area contributed by atoms with E-state index in [2.05, 4.69) is 10.6 Å². The molecule has 1 rings (SSSR count). The van der Waals surface area contributed by atoms with E-state index < -0.39 is 17.6 Å². The van der Waals surface area contributed by atoms with Crippen LogP contribution in [0.3, 0.4) is 0 Å². The third kappa shape index (κ3) is 4.24. The number of carbonyl (C=O) groups excluding carboxylic acids is 1. The minimum atomic E-state index is -1.98. The van der Waals surface area contributed by atoms with Gasteiger partial charge in [-0.1, -0.05) is 24.3 Å². The van der Waals surface area contributed by atoms with Crippen molar-refractivity contribution in [3.05, 3.63) is 35.4 Å². The molecular weight excluding hydrogens is 260 g/mol. The SMILES string of the molecule is Cc1ccccc1C(C)NC(=O)NCC(C)(O)C(=O)O. The molecule has 2 amide bonds. The molecule has 0 radical (unpaired) electrons. The van der Waals surface area contributed by atoms with Gasteiger partial charge in [-0.25, -0.2) is 9.59 Å². The van der Waals surface area contributed by atoms with E-state index in [1.807, 2.05) is 38.1 Å². The number of nitrogens with one attached hydrogen (secondary N) is 2. The molecule has 0 fully saturated rings. The second-order valence-electron chi connectivity index (χ2n) is 4.98. The maximum absolute atomic E-state index is 11.7. The second-order valence-corrected chi connectivity index (χ2v) is 4.98. The summed E-state index contributed by atoms with van der Waals surface area (Å²) in [6.45, 7) is 4.53. The van der Waals surface area contributed by atoms with Crippen LogP contribution in [0.4, 0.5) is 4.79 Å². The lowest BCUT2D eigenvalue weighted by Gasteiger charge is -2.21. The Labute approximate surface area is 117 Å². The summed E-state index contributed by atoms with van der Waals surface area (Å²) >= 11 is 0. The zero-order chi connectivity index (χ0) is 15.3. The fourth-order valence-corrected chi connectivity index (χ4v) is 1.73. The van der Waals surface area contributed by atoms with Crippen LogP contribution in [0.25, 0.3) is 0 Å². The topological polar surface area (TPSA) is 98.7 Å². The van der Waals surface area contributed by atoms with Crippen molar-refractivity contribution in [3.63, 3.8) is 0 Å². The molecule has 0 bridgehead atoms. The lowest BCUT2D eigenvalue weighted by molar-refractivity contribution is -0.155. The maximum Gasteiger partial charge on any atom is 0.337 e. The number of aryl methyl sites for hydroxylation is 1. The van der Waals surface area contributed by atoms with Gasteiger partial charge in [0.25, 0.3) is 0 Å². The normalized spacial score (nSPS) is 15.0. The van der Waals surface area contributed by atoms with Crippen LogP contribution in [-0.2, 0) is 4.79 Å². The lowest BCUT2D eigenvalue weighted by Crippen LogP contribution is -2.49. The third-order valence-electron chi connectivity index (χ3n) is 3.06. The van der Waals surface area contributed by atoms with Crippen LogP contribution in [0.2, 0.25) is 0 Å². The standard InChI is InChI=1S/C14H20N2O4/c1-9-6-4-5-7-11(9)10(2)16-13(19)15-8-14(3,20)12(17)18/h4-7,10,20H,8H2,1-3H3,(H,17,18)(H2,15,16,19). The molecule has 0 heterocycles. The highest BCUT2D eigenvalue weighted by Crippen LogP contribution is 2.16. The summed E-state index contributed by atoms with van der Waals surface area (Å²) in [6.07, 6.45) is 0. The van der Waals surface area contributed by atoms with Gasteiger partial charge >= 0.3 is 12.0 Å². The molecule has 0 aliphatic heterocycles. The molecule has 6 nitrogen and oxygen atoms in total. The second kappa shape index (κ2) is 6.38. The molecule has 1 aromatic rings. The predicted molar refractivity (Wildman–Crippen MR) is 74.4 cm³/mol. The van der Waals surface area contributed by atoms with E-state index in [-0.39, 0.29) is 12.6 Å². The summed E-state index contributed by atoms with van der Waals surface area (Å²) in [6, 6.07) is 6.91. The fraction of sp³-hybridized carbons (Fsp3) is 0.429. The molecule has 0 aromatic heterocycles. The van der Waals surface area contributed by atoms with Crippen molar-refractivity contribution in [1.29, 1.82) is 0 Å². The molecule has 0 saturated heterocycles. The first kappa shape index (κ1) is 16.0. The Hall–Kier alpha value is -2.08. The fourth-order valence-electron chi connectivity index (χ4n) is 1.73. The number of rotatable bonds is 5. The number of aliphatic hydroxyl groups is 1. The summed E-state index contributed by atoms with van der Waals surface area (Å²) < 4.78 is 0. The van der Waals surface area contributed by atoms with Crippen molar-refractivity contribution in [3.8, 4) is 0 Å². The predicted octanol–water partition coefficient (Wildman–Crippen LogP) is 1.19. The lowest BCUT2D eigenvalue weighted by atomic mass is 10.0. The van der Waals surface area contributed by atoms with Crippen molar-refractivity contribution in [2.75, 3.05) is 6.54 Å². The first-order valence-corrected chi connectivity index (χ1v) is 6.29. The Balaban J connectivity index is 2.55. The van der Waals surface area contributed by atoms with E-state index in [4.69, 9.17) is 5.11 Å². The number of amides is 2. The molecular formula is C14H20N2O4. The van der Waals surface area contributed by atoms with Crippen molar-refractivity contribution in [2.24, 2.45) is 0 Å². The molecule has 0 aliphatic rings. The smallest absolute Gasteiger partial charge is 0.337 e. The number of benzene rings is 1. The van der Waals surface area contributed by atoms with Crippen LogP contribution < -0.4 is 10.6 Å². The summed E-state index contributed by atoms with van der Waals surface area (Å²) in [5, 5.41) is 23.3. The largest absolute Gasteiger partial charge is 0.479 e. The molecule has 1 aromatic carbocycles. The number of hydrogen-bond donors (Lipinski definition) is 4. The molecule has 110 valence electrons. The van der Waals surface area contributed by atoms with E-state index in [0.29, 0.717) is 0 Å². The zero-order valence-electron chi connectivity index (χ0n) is 11.8. The van der Waals surface area contributed by atoms with Crippen molar-refractivity contribution in [1.82, 2.24) is 10.6 Å². The van der Waals surface area contributed by atoms with E-state index in [0.717, 1.165) is 18.1 Å². The van der Waals surface area contributed by atoms with Crippen LogP contribution in [-0.4, -0.2) is 34.4 Å². The van der Waals surface area contributed by atoms with Gasteiger partial charge in [0.05, 0.1) is 12.6 Å². The maximum atomic E-state index is 11.7. The van der Waals surface area contributed by atoms with Gasteiger partial charge in [0, 0.05) is 0 Å². The van der Waals surface area contributed by atoms with Gasteiger partial charge in [-0.15, -0.1) is 0 Å². The Morgan fingerprint density at radius 2 is 1.95 bits per heavy atom. The molecule has 0 aliphatic carbocycles. The monoisotopic (exact) mass is 280 g/mol. The molecule has 6 heteroatoms. The molecule has 2 atom stereocenters. The quantitative estimate of drug-likeness (QED) is 0.651. The minimum Gasteiger partial charge on any atom is -0.479 e. The molecule has 0 saturated carbocycles. The number of hydrogen-bond acceptors (Lipinski definition) is 3. The average Bonchev–Trinajstić information content (AvgIpc) is 2.36. The van der Waals surface area contributed by atoms with Gasteiger partial charge in [-0.05, 0) is 31.9 Å². The van der Waals surface area contributed by atoms with Crippen LogP contribution in [0.5, 0.6) is 0 Å². The van der Waals surface area contributed by atoms with E-state index in [9.17, 15) is 14.7 Å². The average molecular weight is 280 g/mol. The highest BCUT2D eigenvalue weighted by molar-refractivity contribution is 5.79. The van der Waals surface area contributed by atoms with Crippen molar-refractivity contribution in [2.45, 2.75) is 32.4 Å². The molecule has 4 N–H and O–H groups in total. The van der Waals surface area contributed by atoms with Gasteiger partial charge in [0.15, 0.2) is 5.60 Å². The van der Waals surface area contributed by atoms with Gasteiger partial charge in [-0.3, -0.25) is 0 Å². The first-order chi connectivity index (χ1) is 9.24. The third-order valence-corrected chi connectivity index (χ3v) is 3.06. The Kier molecular flexibility index (Phi) is 5.10. The van der Waals surface area contributed by atoms with Crippen LogP contribution in [0, 0.1) is 6.92 Å². The Morgan fingerprint density at radius 3 is 2.50 bits per heavy atom. The van der Waals surface area contributed by atoms with Crippen LogP contribution >= 0.6 is 0 Å². The molecule has 0 spiro atoms. The van der Waals surface area contributed by atoms with Crippen LogP contribution in [0.15, 0.2) is 24.3 Å². The van der Waals surface area contributed by atoms with Crippen LogP contribution in [0.1, 0.15) is 31.0 Å². The summed E-state index contributed by atoms with van der Waals surface area (Å²) in [5.74, 6) is -1.38. The molecule has 20 heavy (non-hydrogen) atoms.